The highest BCUT2D eigenvalue weighted by atomic mass is 15.6. The van der Waals surface area contributed by atoms with Gasteiger partial charge in [-0.15, -0.1) is 10.2 Å². The predicted octanol–water partition coefficient (Wildman–Crippen LogP) is 0.878. The van der Waals surface area contributed by atoms with Crippen LogP contribution in [0.15, 0.2) is 0 Å². The van der Waals surface area contributed by atoms with Crippen LogP contribution in [-0.4, -0.2) is 25.7 Å². The Morgan fingerprint density at radius 1 is 1.36 bits per heavy atom. The minimum Gasteiger partial charge on any atom is -0.304 e. The Bertz CT molecular complexity index is 276. The number of aromatic nitrogens is 4. The number of tetrazole rings is 1. The maximum absolute atomic E-state index is 4.11. The van der Waals surface area contributed by atoms with Crippen molar-refractivity contribution in [2.45, 2.75) is 45.7 Å². The molecular weight excluding hydrogens is 178 g/mol. The fraction of sp³-hybridized carbons (Fsp3) is 0.889. The van der Waals surface area contributed by atoms with Crippen molar-refractivity contribution < 1.29 is 0 Å². The molecule has 0 saturated heterocycles. The second kappa shape index (κ2) is 4.50. The summed E-state index contributed by atoms with van der Waals surface area (Å²) >= 11 is 0. The molecule has 1 rings (SSSR count). The normalized spacial score (nSPS) is 12.0. The molecule has 1 N–H and O–H groups in total. The van der Waals surface area contributed by atoms with Gasteiger partial charge in [-0.3, -0.25) is 0 Å². The zero-order chi connectivity index (χ0) is 10.6. The fourth-order valence-electron chi connectivity index (χ4n) is 1.19. The van der Waals surface area contributed by atoms with E-state index in [1.165, 1.54) is 4.80 Å². The van der Waals surface area contributed by atoms with Gasteiger partial charge in [0.15, 0.2) is 5.82 Å². The monoisotopic (exact) mass is 197 g/mol. The van der Waals surface area contributed by atoms with Crippen LogP contribution in [0, 0.1) is 0 Å². The summed E-state index contributed by atoms with van der Waals surface area (Å²) in [6, 6.07) is 0. The first-order valence-electron chi connectivity index (χ1n) is 5.07. The average molecular weight is 197 g/mol. The molecule has 0 atom stereocenters. The van der Waals surface area contributed by atoms with E-state index in [-0.39, 0.29) is 5.54 Å². The summed E-state index contributed by atoms with van der Waals surface area (Å²) in [4.78, 5) is 1.48. The third-order valence-electron chi connectivity index (χ3n) is 2.78. The Balaban J connectivity index is 2.47. The Hall–Kier alpha value is -0.970. The number of rotatable bonds is 5. The summed E-state index contributed by atoms with van der Waals surface area (Å²) in [6.07, 6.45) is 2.20. The van der Waals surface area contributed by atoms with Gasteiger partial charge >= 0.3 is 0 Å². The smallest absolute Gasteiger partial charge is 0.188 e. The zero-order valence-corrected chi connectivity index (χ0v) is 9.41. The molecule has 0 aliphatic heterocycles. The maximum Gasteiger partial charge on any atom is 0.188 e. The molecule has 5 nitrogen and oxygen atoms in total. The summed E-state index contributed by atoms with van der Waals surface area (Å²) < 4.78 is 0. The van der Waals surface area contributed by atoms with Crippen molar-refractivity contribution in [1.29, 1.82) is 0 Å². The Morgan fingerprint density at radius 3 is 2.43 bits per heavy atom. The first kappa shape index (κ1) is 11.1. The number of nitrogens with one attached hydrogen (secondary N) is 1. The SMILES string of the molecule is CCC(C)(CC)NCc1nnn(C)n1. The molecular formula is C9H19N5. The van der Waals surface area contributed by atoms with Crippen molar-refractivity contribution in [3.8, 4) is 0 Å². The quantitative estimate of drug-likeness (QED) is 0.761. The third kappa shape index (κ3) is 2.77. The van der Waals surface area contributed by atoms with Crippen LogP contribution in [0.1, 0.15) is 39.4 Å². The van der Waals surface area contributed by atoms with Crippen LogP contribution < -0.4 is 5.32 Å². The van der Waals surface area contributed by atoms with Crippen LogP contribution >= 0.6 is 0 Å². The molecule has 5 heteroatoms. The molecule has 80 valence electrons. The van der Waals surface area contributed by atoms with Crippen LogP contribution in [-0.2, 0) is 13.6 Å². The summed E-state index contributed by atoms with van der Waals surface area (Å²) in [5.74, 6) is 0.751. The van der Waals surface area contributed by atoms with Crippen molar-refractivity contribution in [3.63, 3.8) is 0 Å². The Labute approximate surface area is 84.9 Å². The molecule has 1 heterocycles. The molecule has 0 aromatic carbocycles. The molecule has 0 aliphatic carbocycles. The van der Waals surface area contributed by atoms with Crippen molar-refractivity contribution in [3.05, 3.63) is 5.82 Å². The van der Waals surface area contributed by atoms with E-state index in [1.54, 1.807) is 7.05 Å². The van der Waals surface area contributed by atoms with E-state index in [0.717, 1.165) is 18.7 Å². The first-order valence-corrected chi connectivity index (χ1v) is 5.07. The highest BCUT2D eigenvalue weighted by molar-refractivity contribution is 4.84. The standard InChI is InChI=1S/C9H19N5/c1-5-9(3,6-2)10-7-8-11-13-14(4)12-8/h10H,5-7H2,1-4H3. The maximum atomic E-state index is 4.11. The van der Waals surface area contributed by atoms with Gasteiger partial charge in [0.05, 0.1) is 13.6 Å². The molecule has 0 radical (unpaired) electrons. The minimum atomic E-state index is 0.180. The first-order chi connectivity index (χ1) is 6.59. The van der Waals surface area contributed by atoms with Gasteiger partial charge in [-0.2, -0.15) is 4.80 Å². The van der Waals surface area contributed by atoms with Gasteiger partial charge in [0.25, 0.3) is 0 Å². The second-order valence-corrected chi connectivity index (χ2v) is 3.82. The molecule has 14 heavy (non-hydrogen) atoms. The van der Waals surface area contributed by atoms with Crippen molar-refractivity contribution >= 4 is 0 Å². The molecule has 1 aromatic heterocycles. The third-order valence-corrected chi connectivity index (χ3v) is 2.78. The van der Waals surface area contributed by atoms with E-state index >= 15 is 0 Å². The lowest BCUT2D eigenvalue weighted by Gasteiger charge is -2.27. The predicted molar refractivity (Wildman–Crippen MR) is 54.6 cm³/mol. The van der Waals surface area contributed by atoms with Crippen LogP contribution in [0.5, 0.6) is 0 Å². The molecule has 0 saturated carbocycles. The molecule has 0 bridgehead atoms. The molecule has 0 spiro atoms. The van der Waals surface area contributed by atoms with E-state index < -0.39 is 0 Å². The van der Waals surface area contributed by atoms with Crippen molar-refractivity contribution in [2.24, 2.45) is 7.05 Å². The van der Waals surface area contributed by atoms with Gasteiger partial charge in [0.1, 0.15) is 0 Å². The Kier molecular flexibility index (Phi) is 3.57. The lowest BCUT2D eigenvalue weighted by atomic mass is 9.96. The van der Waals surface area contributed by atoms with E-state index in [1.807, 2.05) is 0 Å². The van der Waals surface area contributed by atoms with Crippen LogP contribution in [0.3, 0.4) is 0 Å². The van der Waals surface area contributed by atoms with Crippen LogP contribution in [0.2, 0.25) is 0 Å². The van der Waals surface area contributed by atoms with E-state index in [2.05, 4.69) is 41.5 Å². The molecule has 0 unspecified atom stereocenters. The lowest BCUT2D eigenvalue weighted by molar-refractivity contribution is 0.325. The van der Waals surface area contributed by atoms with Gasteiger partial charge in [-0.05, 0) is 25.0 Å². The minimum absolute atomic E-state index is 0.180. The van der Waals surface area contributed by atoms with Gasteiger partial charge in [0, 0.05) is 5.54 Å². The van der Waals surface area contributed by atoms with E-state index in [9.17, 15) is 0 Å². The number of hydrogen-bond donors (Lipinski definition) is 1. The summed E-state index contributed by atoms with van der Waals surface area (Å²) in [7, 11) is 1.77. The van der Waals surface area contributed by atoms with Crippen molar-refractivity contribution in [2.75, 3.05) is 0 Å². The highest BCUT2D eigenvalue weighted by Crippen LogP contribution is 2.13. The van der Waals surface area contributed by atoms with Crippen LogP contribution in [0.4, 0.5) is 0 Å². The van der Waals surface area contributed by atoms with Gasteiger partial charge < -0.3 is 5.32 Å². The number of aryl methyl sites for hydroxylation is 1. The number of hydrogen-bond acceptors (Lipinski definition) is 4. The van der Waals surface area contributed by atoms with Gasteiger partial charge in [0.2, 0.25) is 0 Å². The van der Waals surface area contributed by atoms with Gasteiger partial charge in [-0.25, -0.2) is 0 Å². The topological polar surface area (TPSA) is 55.6 Å². The lowest BCUT2D eigenvalue weighted by Crippen LogP contribution is -2.40. The summed E-state index contributed by atoms with van der Waals surface area (Å²) in [6.45, 7) is 7.26. The van der Waals surface area contributed by atoms with Crippen LogP contribution in [0.25, 0.3) is 0 Å². The highest BCUT2D eigenvalue weighted by Gasteiger charge is 2.18. The van der Waals surface area contributed by atoms with E-state index in [4.69, 9.17) is 0 Å². The molecule has 0 aliphatic rings. The second-order valence-electron chi connectivity index (χ2n) is 3.82. The fourth-order valence-corrected chi connectivity index (χ4v) is 1.19. The van der Waals surface area contributed by atoms with E-state index in [0.29, 0.717) is 6.54 Å². The molecule has 0 fully saturated rings. The molecule has 0 amide bonds. The Morgan fingerprint density at radius 2 is 2.00 bits per heavy atom. The summed E-state index contributed by atoms with van der Waals surface area (Å²) in [5.41, 5.74) is 0.180. The van der Waals surface area contributed by atoms with Crippen molar-refractivity contribution in [1.82, 2.24) is 25.5 Å². The largest absolute Gasteiger partial charge is 0.304 e. The number of nitrogens with zero attached hydrogens (tertiary/aromatic N) is 4. The molecule has 1 aromatic rings. The average Bonchev–Trinajstić information content (AvgIpc) is 2.61. The zero-order valence-electron chi connectivity index (χ0n) is 9.41. The summed E-state index contributed by atoms with van der Waals surface area (Å²) in [5, 5.41) is 15.3. The van der Waals surface area contributed by atoms with Gasteiger partial charge in [-0.1, -0.05) is 13.8 Å².